The van der Waals surface area contributed by atoms with E-state index in [2.05, 4.69) is 24.2 Å². The van der Waals surface area contributed by atoms with Crippen molar-refractivity contribution in [2.45, 2.75) is 26.2 Å². The Balaban J connectivity index is 2.66. The standard InChI is InChI=1S/C8H14N2S/c1-6(2)7-5-11-8(10-7)3-4-9/h5-6H,3-4,9H2,1-2H3. The van der Waals surface area contributed by atoms with Crippen molar-refractivity contribution >= 4 is 11.3 Å². The third kappa shape index (κ3) is 2.27. The van der Waals surface area contributed by atoms with Crippen LogP contribution < -0.4 is 5.73 Å². The maximum Gasteiger partial charge on any atom is 0.0940 e. The van der Waals surface area contributed by atoms with Gasteiger partial charge >= 0.3 is 0 Å². The van der Waals surface area contributed by atoms with E-state index in [1.54, 1.807) is 11.3 Å². The average Bonchev–Trinajstić information content (AvgIpc) is 2.37. The molecule has 0 atom stereocenters. The van der Waals surface area contributed by atoms with Crippen molar-refractivity contribution in [1.29, 1.82) is 0 Å². The first-order chi connectivity index (χ1) is 5.24. The Labute approximate surface area is 71.5 Å². The highest BCUT2D eigenvalue weighted by atomic mass is 32.1. The summed E-state index contributed by atoms with van der Waals surface area (Å²) < 4.78 is 0. The maximum atomic E-state index is 5.41. The molecule has 0 aliphatic carbocycles. The lowest BCUT2D eigenvalue weighted by atomic mass is 10.2. The second kappa shape index (κ2) is 3.83. The van der Waals surface area contributed by atoms with Crippen LogP contribution in [0.3, 0.4) is 0 Å². The van der Waals surface area contributed by atoms with E-state index in [1.807, 2.05) is 0 Å². The van der Waals surface area contributed by atoms with E-state index >= 15 is 0 Å². The fourth-order valence-electron chi connectivity index (χ4n) is 0.829. The summed E-state index contributed by atoms with van der Waals surface area (Å²) in [4.78, 5) is 4.44. The van der Waals surface area contributed by atoms with Gasteiger partial charge in [-0.25, -0.2) is 4.98 Å². The van der Waals surface area contributed by atoms with Crippen molar-refractivity contribution in [2.24, 2.45) is 5.73 Å². The van der Waals surface area contributed by atoms with Crippen molar-refractivity contribution in [2.75, 3.05) is 6.54 Å². The SMILES string of the molecule is CC(C)c1csc(CCN)n1. The average molecular weight is 170 g/mol. The van der Waals surface area contributed by atoms with Gasteiger partial charge in [-0.2, -0.15) is 0 Å². The molecule has 0 unspecified atom stereocenters. The molecule has 2 N–H and O–H groups in total. The highest BCUT2D eigenvalue weighted by molar-refractivity contribution is 7.09. The van der Waals surface area contributed by atoms with Crippen LogP contribution in [0, 0.1) is 0 Å². The minimum absolute atomic E-state index is 0.540. The summed E-state index contributed by atoms with van der Waals surface area (Å²) in [5, 5.41) is 3.28. The maximum absolute atomic E-state index is 5.41. The quantitative estimate of drug-likeness (QED) is 0.751. The molecule has 0 saturated carbocycles. The van der Waals surface area contributed by atoms with Crippen molar-refractivity contribution in [3.05, 3.63) is 16.1 Å². The molecule has 0 aliphatic heterocycles. The van der Waals surface area contributed by atoms with Gasteiger partial charge in [0.2, 0.25) is 0 Å². The van der Waals surface area contributed by atoms with E-state index in [1.165, 1.54) is 5.69 Å². The van der Waals surface area contributed by atoms with Crippen molar-refractivity contribution < 1.29 is 0 Å². The largest absolute Gasteiger partial charge is 0.330 e. The molecule has 0 spiro atoms. The molecule has 0 fully saturated rings. The molecule has 0 radical (unpaired) electrons. The molecule has 0 bridgehead atoms. The lowest BCUT2D eigenvalue weighted by Gasteiger charge is -1.96. The minimum Gasteiger partial charge on any atom is -0.330 e. The number of hydrogen-bond donors (Lipinski definition) is 1. The molecule has 62 valence electrons. The van der Waals surface area contributed by atoms with Gasteiger partial charge in [0.05, 0.1) is 10.7 Å². The van der Waals surface area contributed by atoms with Crippen LogP contribution in [0.4, 0.5) is 0 Å². The number of nitrogens with zero attached hydrogens (tertiary/aromatic N) is 1. The molecule has 11 heavy (non-hydrogen) atoms. The summed E-state index contributed by atoms with van der Waals surface area (Å²) in [6.45, 7) is 5.01. The minimum atomic E-state index is 0.540. The summed E-state index contributed by atoms with van der Waals surface area (Å²) >= 11 is 1.71. The van der Waals surface area contributed by atoms with E-state index in [0.717, 1.165) is 11.4 Å². The van der Waals surface area contributed by atoms with Crippen LogP contribution in [0.25, 0.3) is 0 Å². The van der Waals surface area contributed by atoms with E-state index in [0.29, 0.717) is 12.5 Å². The van der Waals surface area contributed by atoms with E-state index < -0.39 is 0 Å². The Morgan fingerprint density at radius 3 is 2.82 bits per heavy atom. The second-order valence-electron chi connectivity index (χ2n) is 2.86. The highest BCUT2D eigenvalue weighted by Gasteiger charge is 2.03. The summed E-state index contributed by atoms with van der Waals surface area (Å²) in [6, 6.07) is 0. The monoisotopic (exact) mass is 170 g/mol. The predicted molar refractivity (Wildman–Crippen MR) is 49.0 cm³/mol. The summed E-state index contributed by atoms with van der Waals surface area (Å²) in [6.07, 6.45) is 0.914. The first-order valence-electron chi connectivity index (χ1n) is 3.88. The Morgan fingerprint density at radius 2 is 2.36 bits per heavy atom. The van der Waals surface area contributed by atoms with Gasteiger partial charge in [0, 0.05) is 11.8 Å². The van der Waals surface area contributed by atoms with Crippen LogP contribution in [-0.2, 0) is 6.42 Å². The molecule has 0 saturated heterocycles. The molecular weight excluding hydrogens is 156 g/mol. The van der Waals surface area contributed by atoms with Crippen molar-refractivity contribution in [3.63, 3.8) is 0 Å². The summed E-state index contributed by atoms with van der Waals surface area (Å²) in [7, 11) is 0. The zero-order chi connectivity index (χ0) is 8.27. The van der Waals surface area contributed by atoms with Crippen LogP contribution in [0.15, 0.2) is 5.38 Å². The number of nitrogens with two attached hydrogens (primary N) is 1. The zero-order valence-electron chi connectivity index (χ0n) is 7.00. The molecule has 1 aromatic rings. The molecule has 3 heteroatoms. The van der Waals surface area contributed by atoms with E-state index in [-0.39, 0.29) is 0 Å². The molecule has 0 amide bonds. The number of hydrogen-bond acceptors (Lipinski definition) is 3. The summed E-state index contributed by atoms with van der Waals surface area (Å²) in [5.74, 6) is 0.540. The Morgan fingerprint density at radius 1 is 1.64 bits per heavy atom. The van der Waals surface area contributed by atoms with Gasteiger partial charge < -0.3 is 5.73 Å². The predicted octanol–water partition coefficient (Wildman–Crippen LogP) is 1.77. The topological polar surface area (TPSA) is 38.9 Å². The smallest absolute Gasteiger partial charge is 0.0940 e. The number of aromatic nitrogens is 1. The fourth-order valence-corrected chi connectivity index (χ4v) is 1.80. The van der Waals surface area contributed by atoms with E-state index in [4.69, 9.17) is 5.73 Å². The van der Waals surface area contributed by atoms with Crippen molar-refractivity contribution in [1.82, 2.24) is 4.98 Å². The van der Waals surface area contributed by atoms with Gasteiger partial charge in [0.1, 0.15) is 0 Å². The Kier molecular flexibility index (Phi) is 3.02. The molecule has 1 heterocycles. The molecule has 0 aromatic carbocycles. The van der Waals surface area contributed by atoms with Crippen LogP contribution in [0.5, 0.6) is 0 Å². The van der Waals surface area contributed by atoms with Crippen LogP contribution >= 0.6 is 11.3 Å². The molecule has 2 nitrogen and oxygen atoms in total. The molecule has 0 aliphatic rings. The van der Waals surface area contributed by atoms with Gasteiger partial charge in [0.15, 0.2) is 0 Å². The van der Waals surface area contributed by atoms with Gasteiger partial charge in [0.25, 0.3) is 0 Å². The highest BCUT2D eigenvalue weighted by Crippen LogP contribution is 2.17. The lowest BCUT2D eigenvalue weighted by molar-refractivity contribution is 0.818. The summed E-state index contributed by atoms with van der Waals surface area (Å²) in [5.41, 5.74) is 6.61. The number of thiazole rings is 1. The molecule has 1 aromatic heterocycles. The normalized spacial score (nSPS) is 10.9. The van der Waals surface area contributed by atoms with Crippen LogP contribution in [0.2, 0.25) is 0 Å². The Hall–Kier alpha value is -0.410. The third-order valence-corrected chi connectivity index (χ3v) is 2.45. The number of rotatable bonds is 3. The van der Waals surface area contributed by atoms with Crippen molar-refractivity contribution in [3.8, 4) is 0 Å². The fraction of sp³-hybridized carbons (Fsp3) is 0.625. The Bertz CT molecular complexity index is 218. The van der Waals surface area contributed by atoms with Crippen LogP contribution in [-0.4, -0.2) is 11.5 Å². The van der Waals surface area contributed by atoms with Crippen LogP contribution in [0.1, 0.15) is 30.5 Å². The lowest BCUT2D eigenvalue weighted by Crippen LogP contribution is -2.02. The third-order valence-electron chi connectivity index (χ3n) is 1.52. The molecule has 1 rings (SSSR count). The molecular formula is C8H14N2S. The first kappa shape index (κ1) is 8.68. The first-order valence-corrected chi connectivity index (χ1v) is 4.76. The second-order valence-corrected chi connectivity index (χ2v) is 3.80. The van der Waals surface area contributed by atoms with Gasteiger partial charge in [-0.15, -0.1) is 11.3 Å². The van der Waals surface area contributed by atoms with E-state index in [9.17, 15) is 0 Å². The van der Waals surface area contributed by atoms with Gasteiger partial charge in [-0.1, -0.05) is 13.8 Å². The van der Waals surface area contributed by atoms with Gasteiger partial charge in [-0.05, 0) is 12.5 Å². The van der Waals surface area contributed by atoms with Gasteiger partial charge in [-0.3, -0.25) is 0 Å². The zero-order valence-corrected chi connectivity index (χ0v) is 7.82.